The van der Waals surface area contributed by atoms with Crippen molar-refractivity contribution in [2.45, 2.75) is 32.5 Å². The molecule has 4 heterocycles. The Morgan fingerprint density at radius 1 is 1.12 bits per heavy atom. The predicted molar refractivity (Wildman–Crippen MR) is 111 cm³/mol. The van der Waals surface area contributed by atoms with Gasteiger partial charge in [-0.15, -0.1) is 0 Å². The van der Waals surface area contributed by atoms with E-state index in [1.165, 1.54) is 6.07 Å². The van der Waals surface area contributed by atoms with E-state index in [-0.39, 0.29) is 18.2 Å². The number of nitrogens with zero attached hydrogens (tertiary/aromatic N) is 3. The van der Waals surface area contributed by atoms with Gasteiger partial charge in [-0.1, -0.05) is 13.0 Å². The van der Waals surface area contributed by atoms with Crippen molar-refractivity contribution in [3.05, 3.63) is 35.5 Å². The van der Waals surface area contributed by atoms with Gasteiger partial charge in [0.25, 0.3) is 5.88 Å². The van der Waals surface area contributed by atoms with Crippen LogP contribution >= 0.6 is 0 Å². The molecule has 2 aliphatic heterocycles. The van der Waals surface area contributed by atoms with E-state index >= 15 is 0 Å². The van der Waals surface area contributed by atoms with Gasteiger partial charge in [0.1, 0.15) is 30.5 Å². The van der Waals surface area contributed by atoms with Crippen LogP contribution in [0.25, 0.3) is 0 Å². The molecule has 2 N–H and O–H groups in total. The van der Waals surface area contributed by atoms with E-state index in [4.69, 9.17) is 9.47 Å². The molecule has 4 rings (SSSR count). The van der Waals surface area contributed by atoms with Crippen LogP contribution in [0.1, 0.15) is 31.0 Å². The van der Waals surface area contributed by atoms with Gasteiger partial charge in [0.15, 0.2) is 5.75 Å². The van der Waals surface area contributed by atoms with E-state index in [2.05, 4.69) is 27.5 Å². The molecule has 0 radical (unpaired) electrons. The summed E-state index contributed by atoms with van der Waals surface area (Å²) in [4.78, 5) is 22.3. The van der Waals surface area contributed by atoms with Gasteiger partial charge in [-0.2, -0.15) is 18.2 Å². The summed E-state index contributed by atoms with van der Waals surface area (Å²) in [5.41, 5.74) is -0.433. The summed E-state index contributed by atoms with van der Waals surface area (Å²) in [7, 11) is 0. The standard InChI is InChI=1S/C21H24F3N5O3/c1-13-6-8-29(9-7-13)18-14(2-4-16(26-18)21(22,23)24)12-25-20(30)28-17-5-3-15-19(27-17)32-11-10-31-15/h2-5,13H,6-12H2,1H3,(H2,25,27,28,30). The van der Waals surface area contributed by atoms with Gasteiger partial charge in [-0.25, -0.2) is 9.78 Å². The van der Waals surface area contributed by atoms with Crippen LogP contribution < -0.4 is 25.0 Å². The Morgan fingerprint density at radius 2 is 1.88 bits per heavy atom. The summed E-state index contributed by atoms with van der Waals surface area (Å²) in [5, 5.41) is 5.26. The minimum Gasteiger partial charge on any atom is -0.484 e. The van der Waals surface area contributed by atoms with Gasteiger partial charge in [0, 0.05) is 25.2 Å². The number of carbonyl (C=O) groups is 1. The predicted octanol–water partition coefficient (Wildman–Crippen LogP) is 3.82. The third kappa shape index (κ3) is 5.14. The first kappa shape index (κ1) is 22.0. The molecule has 11 heteroatoms. The number of halogens is 3. The molecule has 1 fully saturated rings. The maximum atomic E-state index is 13.2. The number of nitrogens with one attached hydrogen (secondary N) is 2. The van der Waals surface area contributed by atoms with Gasteiger partial charge < -0.3 is 19.7 Å². The van der Waals surface area contributed by atoms with Crippen molar-refractivity contribution in [2.75, 3.05) is 36.5 Å². The zero-order valence-corrected chi connectivity index (χ0v) is 17.5. The number of urea groups is 1. The van der Waals surface area contributed by atoms with Crippen LogP contribution in [-0.4, -0.2) is 42.3 Å². The highest BCUT2D eigenvalue weighted by molar-refractivity contribution is 5.88. The topological polar surface area (TPSA) is 88.6 Å². The molecule has 2 aromatic rings. The molecule has 1 saturated heterocycles. The van der Waals surface area contributed by atoms with Crippen LogP contribution in [0, 0.1) is 5.92 Å². The summed E-state index contributed by atoms with van der Waals surface area (Å²) < 4.78 is 50.4. The van der Waals surface area contributed by atoms with Gasteiger partial charge in [-0.3, -0.25) is 5.32 Å². The number of piperidine rings is 1. The molecule has 0 spiro atoms. The van der Waals surface area contributed by atoms with Crippen molar-refractivity contribution in [1.29, 1.82) is 0 Å². The summed E-state index contributed by atoms with van der Waals surface area (Å²) in [6, 6.07) is 4.98. The van der Waals surface area contributed by atoms with E-state index in [1.807, 2.05) is 4.90 Å². The Kier molecular flexibility index (Phi) is 6.24. The molecule has 172 valence electrons. The number of ether oxygens (including phenoxy) is 2. The normalized spacial score (nSPS) is 16.6. The highest BCUT2D eigenvalue weighted by Gasteiger charge is 2.34. The van der Waals surface area contributed by atoms with E-state index in [9.17, 15) is 18.0 Å². The minimum absolute atomic E-state index is 0.0168. The lowest BCUT2D eigenvalue weighted by Crippen LogP contribution is -2.36. The molecule has 8 nitrogen and oxygen atoms in total. The summed E-state index contributed by atoms with van der Waals surface area (Å²) in [6.45, 7) is 4.18. The molecule has 0 unspecified atom stereocenters. The van der Waals surface area contributed by atoms with E-state index in [0.717, 1.165) is 18.9 Å². The molecule has 2 aliphatic rings. The largest absolute Gasteiger partial charge is 0.484 e. The lowest BCUT2D eigenvalue weighted by atomic mass is 9.99. The first-order valence-corrected chi connectivity index (χ1v) is 10.4. The van der Waals surface area contributed by atoms with Crippen LogP contribution in [0.5, 0.6) is 11.6 Å². The first-order valence-electron chi connectivity index (χ1n) is 10.4. The zero-order chi connectivity index (χ0) is 22.7. The fourth-order valence-electron chi connectivity index (χ4n) is 3.60. The Morgan fingerprint density at radius 3 is 2.62 bits per heavy atom. The van der Waals surface area contributed by atoms with Crippen molar-refractivity contribution in [3.63, 3.8) is 0 Å². The number of anilines is 2. The van der Waals surface area contributed by atoms with Crippen molar-refractivity contribution in [3.8, 4) is 11.6 Å². The van der Waals surface area contributed by atoms with Crippen molar-refractivity contribution >= 4 is 17.7 Å². The third-order valence-electron chi connectivity index (χ3n) is 5.42. The molecular formula is C21H24F3N5O3. The number of fused-ring (bicyclic) bond motifs is 1. The Balaban J connectivity index is 1.45. The van der Waals surface area contributed by atoms with E-state index < -0.39 is 17.9 Å². The average molecular weight is 451 g/mol. The highest BCUT2D eigenvalue weighted by Crippen LogP contribution is 2.32. The molecule has 0 saturated carbocycles. The third-order valence-corrected chi connectivity index (χ3v) is 5.42. The van der Waals surface area contributed by atoms with Crippen molar-refractivity contribution in [1.82, 2.24) is 15.3 Å². The van der Waals surface area contributed by atoms with Crippen LogP contribution in [-0.2, 0) is 12.7 Å². The fourth-order valence-corrected chi connectivity index (χ4v) is 3.60. The van der Waals surface area contributed by atoms with Crippen LogP contribution in [0.3, 0.4) is 0 Å². The van der Waals surface area contributed by atoms with E-state index in [1.54, 1.807) is 12.1 Å². The minimum atomic E-state index is -4.54. The maximum absolute atomic E-state index is 13.2. The molecule has 0 bridgehead atoms. The van der Waals surface area contributed by atoms with Crippen molar-refractivity contribution in [2.24, 2.45) is 5.92 Å². The summed E-state index contributed by atoms with van der Waals surface area (Å²) in [6.07, 6.45) is -2.78. The van der Waals surface area contributed by atoms with Crippen LogP contribution in [0.15, 0.2) is 24.3 Å². The molecule has 2 amide bonds. The van der Waals surface area contributed by atoms with E-state index in [0.29, 0.717) is 49.4 Å². The number of pyridine rings is 2. The molecule has 0 atom stereocenters. The lowest BCUT2D eigenvalue weighted by molar-refractivity contribution is -0.141. The van der Waals surface area contributed by atoms with Gasteiger partial charge in [0.05, 0.1) is 0 Å². The molecule has 32 heavy (non-hydrogen) atoms. The average Bonchev–Trinajstić information content (AvgIpc) is 2.77. The smallest absolute Gasteiger partial charge is 0.433 e. The second-order valence-corrected chi connectivity index (χ2v) is 7.85. The maximum Gasteiger partial charge on any atom is 0.433 e. The lowest BCUT2D eigenvalue weighted by Gasteiger charge is -2.33. The number of alkyl halides is 3. The molecular weight excluding hydrogens is 427 g/mol. The second kappa shape index (κ2) is 9.09. The summed E-state index contributed by atoms with van der Waals surface area (Å²) >= 11 is 0. The second-order valence-electron chi connectivity index (χ2n) is 7.85. The monoisotopic (exact) mass is 451 g/mol. The zero-order valence-electron chi connectivity index (χ0n) is 17.5. The Bertz CT molecular complexity index is 978. The summed E-state index contributed by atoms with van der Waals surface area (Å²) in [5.74, 6) is 1.83. The van der Waals surface area contributed by atoms with Crippen molar-refractivity contribution < 1.29 is 27.4 Å². The quantitative estimate of drug-likeness (QED) is 0.735. The molecule has 0 aliphatic carbocycles. The van der Waals surface area contributed by atoms with Crippen LogP contribution in [0.4, 0.5) is 29.6 Å². The number of hydrogen-bond acceptors (Lipinski definition) is 6. The highest BCUT2D eigenvalue weighted by atomic mass is 19.4. The van der Waals surface area contributed by atoms with Gasteiger partial charge in [0.2, 0.25) is 0 Å². The SMILES string of the molecule is CC1CCN(c2nc(C(F)(F)F)ccc2CNC(=O)Nc2ccc3c(n2)OCCO3)CC1. The van der Waals surface area contributed by atoms with Gasteiger partial charge in [-0.05, 0) is 37.0 Å². The number of aromatic nitrogens is 2. The van der Waals surface area contributed by atoms with Gasteiger partial charge >= 0.3 is 12.2 Å². The Hall–Kier alpha value is -3.24. The number of amides is 2. The first-order chi connectivity index (χ1) is 15.3. The molecule has 0 aromatic carbocycles. The molecule has 2 aromatic heterocycles. The number of carbonyl (C=O) groups excluding carboxylic acids is 1. The fraction of sp³-hybridized carbons (Fsp3) is 0.476. The number of hydrogen-bond donors (Lipinski definition) is 2. The van der Waals surface area contributed by atoms with Crippen LogP contribution in [0.2, 0.25) is 0 Å². The number of rotatable bonds is 4. The Labute approximate surface area is 183 Å².